The molecule has 1 aromatic carbocycles. The van der Waals surface area contributed by atoms with Gasteiger partial charge in [-0.1, -0.05) is 43.7 Å². The minimum atomic E-state index is -0.305. The van der Waals surface area contributed by atoms with E-state index in [1.54, 1.807) is 0 Å². The quantitative estimate of drug-likeness (QED) is 0.896. The van der Waals surface area contributed by atoms with E-state index in [1.807, 2.05) is 19.1 Å². The van der Waals surface area contributed by atoms with Crippen molar-refractivity contribution in [2.24, 2.45) is 11.8 Å². The monoisotopic (exact) mass is 250 g/mol. The van der Waals surface area contributed by atoms with E-state index in [4.69, 9.17) is 9.47 Å². The third-order valence-electron chi connectivity index (χ3n) is 3.55. The van der Waals surface area contributed by atoms with Crippen LogP contribution in [0.25, 0.3) is 0 Å². The first-order chi connectivity index (χ1) is 8.61. The number of hydrogen-bond donors (Lipinski definition) is 1. The van der Waals surface area contributed by atoms with Crippen LogP contribution < -0.4 is 0 Å². The summed E-state index contributed by atoms with van der Waals surface area (Å²) in [6.07, 6.45) is -0.254. The minimum absolute atomic E-state index is 0.0510. The second-order valence-electron chi connectivity index (χ2n) is 5.31. The maximum atomic E-state index is 9.28. The molecule has 0 saturated carbocycles. The highest BCUT2D eigenvalue weighted by atomic mass is 16.7. The Morgan fingerprint density at radius 3 is 2.61 bits per heavy atom. The van der Waals surface area contributed by atoms with E-state index in [0.29, 0.717) is 12.5 Å². The number of aliphatic hydroxyl groups excluding tert-OH is 1. The molecule has 1 unspecified atom stereocenters. The highest BCUT2D eigenvalue weighted by Crippen LogP contribution is 2.32. The van der Waals surface area contributed by atoms with Gasteiger partial charge in [-0.15, -0.1) is 0 Å². The largest absolute Gasteiger partial charge is 0.396 e. The zero-order valence-corrected chi connectivity index (χ0v) is 11.3. The normalized spacial score (nSPS) is 30.1. The first kappa shape index (κ1) is 13.5. The molecule has 0 bridgehead atoms. The lowest BCUT2D eigenvalue weighted by atomic mass is 9.93. The topological polar surface area (TPSA) is 38.7 Å². The molecular weight excluding hydrogens is 228 g/mol. The van der Waals surface area contributed by atoms with Gasteiger partial charge >= 0.3 is 0 Å². The van der Waals surface area contributed by atoms with Crippen LogP contribution in [0.4, 0.5) is 0 Å². The van der Waals surface area contributed by atoms with Gasteiger partial charge in [0.2, 0.25) is 0 Å². The minimum Gasteiger partial charge on any atom is -0.396 e. The molecular formula is C15H22O3. The molecule has 1 heterocycles. The predicted molar refractivity (Wildman–Crippen MR) is 70.2 cm³/mol. The molecule has 1 aromatic rings. The number of aliphatic hydroxyl groups is 1. The number of hydrogen-bond acceptors (Lipinski definition) is 3. The van der Waals surface area contributed by atoms with Gasteiger partial charge < -0.3 is 14.6 Å². The fraction of sp³-hybridized carbons (Fsp3) is 0.600. The van der Waals surface area contributed by atoms with Gasteiger partial charge in [0.1, 0.15) is 0 Å². The molecule has 18 heavy (non-hydrogen) atoms. The van der Waals surface area contributed by atoms with E-state index >= 15 is 0 Å². The summed E-state index contributed by atoms with van der Waals surface area (Å²) in [5.41, 5.74) is 2.27. The van der Waals surface area contributed by atoms with Crippen LogP contribution in [0.1, 0.15) is 31.3 Å². The molecule has 4 atom stereocenters. The fourth-order valence-electron chi connectivity index (χ4n) is 2.35. The molecule has 2 rings (SSSR count). The van der Waals surface area contributed by atoms with Crippen molar-refractivity contribution in [1.29, 1.82) is 0 Å². The third kappa shape index (κ3) is 2.91. The Bertz CT molecular complexity index is 370. The van der Waals surface area contributed by atoms with Crippen LogP contribution in [0.2, 0.25) is 0 Å². The van der Waals surface area contributed by atoms with E-state index in [2.05, 4.69) is 26.0 Å². The predicted octanol–water partition coefficient (Wildman–Crippen LogP) is 2.67. The van der Waals surface area contributed by atoms with Crippen molar-refractivity contribution in [1.82, 2.24) is 0 Å². The van der Waals surface area contributed by atoms with Crippen molar-refractivity contribution in [3.63, 3.8) is 0 Å². The maximum absolute atomic E-state index is 9.28. The van der Waals surface area contributed by atoms with E-state index in [0.717, 1.165) is 5.56 Å². The first-order valence-electron chi connectivity index (χ1n) is 6.56. The third-order valence-corrected chi connectivity index (χ3v) is 3.55. The van der Waals surface area contributed by atoms with E-state index in [-0.39, 0.29) is 24.9 Å². The number of aryl methyl sites for hydroxylation is 1. The molecule has 0 aromatic heterocycles. The molecule has 0 aliphatic carbocycles. The van der Waals surface area contributed by atoms with Gasteiger partial charge in [-0.25, -0.2) is 0 Å². The lowest BCUT2D eigenvalue weighted by Crippen LogP contribution is -2.40. The van der Waals surface area contributed by atoms with Crippen LogP contribution in [-0.2, 0) is 9.47 Å². The van der Waals surface area contributed by atoms with Crippen LogP contribution in [0.15, 0.2) is 24.3 Å². The molecule has 100 valence electrons. The van der Waals surface area contributed by atoms with Gasteiger partial charge in [-0.3, -0.25) is 0 Å². The summed E-state index contributed by atoms with van der Waals surface area (Å²) in [5.74, 6) is 0.450. The van der Waals surface area contributed by atoms with Crippen molar-refractivity contribution < 1.29 is 14.6 Å². The van der Waals surface area contributed by atoms with Crippen LogP contribution >= 0.6 is 0 Å². The molecule has 3 nitrogen and oxygen atoms in total. The van der Waals surface area contributed by atoms with Crippen LogP contribution in [-0.4, -0.2) is 24.4 Å². The number of benzene rings is 1. The summed E-state index contributed by atoms with van der Waals surface area (Å²) in [6.45, 7) is 7.00. The summed E-state index contributed by atoms with van der Waals surface area (Å²) in [5, 5.41) is 9.28. The Hall–Kier alpha value is -0.900. The Morgan fingerprint density at radius 2 is 2.00 bits per heavy atom. The van der Waals surface area contributed by atoms with Crippen LogP contribution in [0, 0.1) is 18.8 Å². The van der Waals surface area contributed by atoms with Gasteiger partial charge in [0.25, 0.3) is 0 Å². The smallest absolute Gasteiger partial charge is 0.184 e. The zero-order chi connectivity index (χ0) is 13.1. The molecule has 0 spiro atoms. The molecule has 1 saturated heterocycles. The van der Waals surface area contributed by atoms with Gasteiger partial charge in [0.05, 0.1) is 12.7 Å². The maximum Gasteiger partial charge on any atom is 0.184 e. The summed E-state index contributed by atoms with van der Waals surface area (Å²) >= 11 is 0. The lowest BCUT2D eigenvalue weighted by molar-refractivity contribution is -0.251. The molecule has 0 radical (unpaired) electrons. The van der Waals surface area contributed by atoms with Gasteiger partial charge in [0.15, 0.2) is 6.29 Å². The first-order valence-corrected chi connectivity index (χ1v) is 6.56. The van der Waals surface area contributed by atoms with Crippen molar-refractivity contribution in [3.05, 3.63) is 35.4 Å². The van der Waals surface area contributed by atoms with E-state index in [1.165, 1.54) is 5.56 Å². The fourth-order valence-corrected chi connectivity index (χ4v) is 2.35. The Labute approximate surface area is 109 Å². The van der Waals surface area contributed by atoms with E-state index in [9.17, 15) is 5.11 Å². The van der Waals surface area contributed by atoms with Crippen LogP contribution in [0.5, 0.6) is 0 Å². The average molecular weight is 250 g/mol. The standard InChI is InChI=1S/C15H22O3/c1-10-4-6-13(7-5-10)15-17-9-12(3)14(18-15)11(2)8-16/h4-7,11-12,14-16H,8-9H2,1-3H3/t11-,12?,14+,15-/m0/s1. The van der Waals surface area contributed by atoms with Gasteiger partial charge in [-0.2, -0.15) is 0 Å². The lowest BCUT2D eigenvalue weighted by Gasteiger charge is -2.37. The summed E-state index contributed by atoms with van der Waals surface area (Å²) in [7, 11) is 0. The molecule has 1 N–H and O–H groups in total. The SMILES string of the molecule is Cc1ccc([C@H]2OCC(C)[C@@H]([C@@H](C)CO)O2)cc1. The van der Waals surface area contributed by atoms with Crippen LogP contribution in [0.3, 0.4) is 0 Å². The summed E-state index contributed by atoms with van der Waals surface area (Å²) in [6, 6.07) is 8.20. The van der Waals surface area contributed by atoms with Crippen molar-refractivity contribution >= 4 is 0 Å². The summed E-state index contributed by atoms with van der Waals surface area (Å²) < 4.78 is 11.7. The van der Waals surface area contributed by atoms with Gasteiger partial charge in [-0.05, 0) is 6.92 Å². The molecule has 1 aliphatic heterocycles. The second-order valence-corrected chi connectivity index (χ2v) is 5.31. The average Bonchev–Trinajstić information content (AvgIpc) is 2.39. The van der Waals surface area contributed by atoms with Gasteiger partial charge in [0, 0.05) is 24.0 Å². The van der Waals surface area contributed by atoms with Crippen molar-refractivity contribution in [2.75, 3.05) is 13.2 Å². The number of rotatable bonds is 3. The Balaban J connectivity index is 2.09. The van der Waals surface area contributed by atoms with Crippen molar-refractivity contribution in [3.8, 4) is 0 Å². The highest BCUT2D eigenvalue weighted by Gasteiger charge is 2.33. The number of ether oxygens (including phenoxy) is 2. The summed E-state index contributed by atoms with van der Waals surface area (Å²) in [4.78, 5) is 0. The Morgan fingerprint density at radius 1 is 1.33 bits per heavy atom. The second kappa shape index (κ2) is 5.83. The zero-order valence-electron chi connectivity index (χ0n) is 11.3. The molecule has 0 amide bonds. The highest BCUT2D eigenvalue weighted by molar-refractivity contribution is 5.22. The molecule has 1 aliphatic rings. The Kier molecular flexibility index (Phi) is 4.38. The van der Waals surface area contributed by atoms with Crippen molar-refractivity contribution in [2.45, 2.75) is 33.2 Å². The van der Waals surface area contributed by atoms with E-state index < -0.39 is 0 Å². The molecule has 3 heteroatoms. The molecule has 1 fully saturated rings.